The molecule has 1 saturated heterocycles. The minimum Gasteiger partial charge on any atom is -0.495 e. The maximum absolute atomic E-state index is 13.6. The molecule has 5 nitrogen and oxygen atoms in total. The van der Waals surface area contributed by atoms with Crippen molar-refractivity contribution in [1.29, 1.82) is 0 Å². The number of hydrogen-bond acceptors (Lipinski definition) is 4. The molecular formula is C20H22F3N3O2. The lowest BCUT2D eigenvalue weighted by molar-refractivity contribution is -0.116. The van der Waals surface area contributed by atoms with E-state index in [0.717, 1.165) is 49.7 Å². The van der Waals surface area contributed by atoms with E-state index in [-0.39, 0.29) is 12.1 Å². The Morgan fingerprint density at radius 1 is 1.04 bits per heavy atom. The van der Waals surface area contributed by atoms with Gasteiger partial charge in [0.1, 0.15) is 5.75 Å². The molecule has 2 aromatic carbocycles. The number of methoxy groups -OCH3 is 1. The molecule has 0 aliphatic carbocycles. The lowest BCUT2D eigenvalue weighted by Crippen LogP contribution is -2.47. The number of amides is 1. The van der Waals surface area contributed by atoms with Crippen LogP contribution >= 0.6 is 0 Å². The summed E-state index contributed by atoms with van der Waals surface area (Å²) in [6, 6.07) is 9.61. The van der Waals surface area contributed by atoms with Crippen LogP contribution in [0.15, 0.2) is 36.4 Å². The summed E-state index contributed by atoms with van der Waals surface area (Å²) in [5, 5.41) is 2.29. The summed E-state index contributed by atoms with van der Waals surface area (Å²) in [5.74, 6) is -3.89. The molecule has 0 spiro atoms. The van der Waals surface area contributed by atoms with Crippen LogP contribution in [0.1, 0.15) is 6.42 Å². The molecule has 3 rings (SSSR count). The lowest BCUT2D eigenvalue weighted by atomic mass is 10.2. The molecule has 1 aliphatic heterocycles. The van der Waals surface area contributed by atoms with Gasteiger partial charge < -0.3 is 15.0 Å². The standard InChI is InChI=1S/C20H22F3N3O2/c1-28-17-5-3-2-4-16(17)26-12-10-25(11-13-26)9-8-18(27)24-15-7-6-14(21)19(22)20(15)23/h2-7H,8-13H2,1H3,(H,24,27). The Labute approximate surface area is 161 Å². The van der Waals surface area contributed by atoms with Crippen LogP contribution in [-0.2, 0) is 4.79 Å². The first-order valence-corrected chi connectivity index (χ1v) is 9.03. The summed E-state index contributed by atoms with van der Waals surface area (Å²) in [7, 11) is 1.64. The fraction of sp³-hybridized carbons (Fsp3) is 0.350. The van der Waals surface area contributed by atoms with Crippen LogP contribution < -0.4 is 15.0 Å². The zero-order chi connectivity index (χ0) is 20.1. The van der Waals surface area contributed by atoms with Crippen molar-refractivity contribution in [1.82, 2.24) is 4.90 Å². The second kappa shape index (κ2) is 8.97. The first kappa shape index (κ1) is 20.0. The number of carbonyl (C=O) groups excluding carboxylic acids is 1. The summed E-state index contributed by atoms with van der Waals surface area (Å²) in [6.07, 6.45) is 0.132. The number of nitrogens with zero attached hydrogens (tertiary/aromatic N) is 2. The first-order chi connectivity index (χ1) is 13.5. The average Bonchev–Trinajstić information content (AvgIpc) is 2.73. The van der Waals surface area contributed by atoms with Crippen LogP contribution in [0.25, 0.3) is 0 Å². The predicted molar refractivity (Wildman–Crippen MR) is 101 cm³/mol. The quantitative estimate of drug-likeness (QED) is 0.766. The molecule has 0 atom stereocenters. The van der Waals surface area contributed by atoms with Crippen molar-refractivity contribution in [2.24, 2.45) is 0 Å². The minimum atomic E-state index is -1.59. The van der Waals surface area contributed by atoms with Crippen LogP contribution in [0, 0.1) is 17.5 Å². The van der Waals surface area contributed by atoms with Gasteiger partial charge in [-0.1, -0.05) is 12.1 Å². The summed E-state index contributed by atoms with van der Waals surface area (Å²) >= 11 is 0. The highest BCUT2D eigenvalue weighted by atomic mass is 19.2. The van der Waals surface area contributed by atoms with E-state index in [2.05, 4.69) is 15.1 Å². The zero-order valence-corrected chi connectivity index (χ0v) is 15.6. The van der Waals surface area contributed by atoms with E-state index in [4.69, 9.17) is 4.74 Å². The van der Waals surface area contributed by atoms with E-state index in [1.54, 1.807) is 7.11 Å². The fourth-order valence-electron chi connectivity index (χ4n) is 3.20. The number of rotatable bonds is 6. The first-order valence-electron chi connectivity index (χ1n) is 9.03. The van der Waals surface area contributed by atoms with Crippen LogP contribution in [0.4, 0.5) is 24.5 Å². The van der Waals surface area contributed by atoms with Crippen LogP contribution in [-0.4, -0.2) is 50.6 Å². The summed E-state index contributed by atoms with van der Waals surface area (Å²) in [5.41, 5.74) is 0.682. The van der Waals surface area contributed by atoms with Gasteiger partial charge in [-0.05, 0) is 24.3 Å². The highest BCUT2D eigenvalue weighted by Gasteiger charge is 2.20. The normalized spacial score (nSPS) is 14.8. The van der Waals surface area contributed by atoms with E-state index in [1.807, 2.05) is 24.3 Å². The number of benzene rings is 2. The van der Waals surface area contributed by atoms with Crippen molar-refractivity contribution in [3.63, 3.8) is 0 Å². The Kier molecular flexibility index (Phi) is 6.41. The molecule has 0 saturated carbocycles. The maximum Gasteiger partial charge on any atom is 0.225 e. The SMILES string of the molecule is COc1ccccc1N1CCN(CCC(=O)Nc2ccc(F)c(F)c2F)CC1. The van der Waals surface area contributed by atoms with Gasteiger partial charge in [0.2, 0.25) is 5.91 Å². The topological polar surface area (TPSA) is 44.8 Å². The van der Waals surface area contributed by atoms with E-state index in [9.17, 15) is 18.0 Å². The van der Waals surface area contributed by atoms with Crippen LogP contribution in [0.2, 0.25) is 0 Å². The molecule has 150 valence electrons. The van der Waals surface area contributed by atoms with Crippen LogP contribution in [0.5, 0.6) is 5.75 Å². The number of piperazine rings is 1. The predicted octanol–water partition coefficient (Wildman–Crippen LogP) is 3.26. The van der Waals surface area contributed by atoms with Crippen molar-refractivity contribution in [2.45, 2.75) is 6.42 Å². The largest absolute Gasteiger partial charge is 0.495 e. The summed E-state index contributed by atoms with van der Waals surface area (Å²) in [4.78, 5) is 16.4. The van der Waals surface area contributed by atoms with Gasteiger partial charge in [-0.2, -0.15) is 0 Å². The highest BCUT2D eigenvalue weighted by molar-refractivity contribution is 5.90. The Bertz CT molecular complexity index is 839. The number of nitrogens with one attached hydrogen (secondary N) is 1. The third-order valence-corrected chi connectivity index (χ3v) is 4.76. The van der Waals surface area contributed by atoms with E-state index in [0.29, 0.717) is 6.54 Å². The molecule has 28 heavy (non-hydrogen) atoms. The summed E-state index contributed by atoms with van der Waals surface area (Å²) in [6.45, 7) is 3.62. The van der Waals surface area contributed by atoms with E-state index >= 15 is 0 Å². The van der Waals surface area contributed by atoms with Crippen molar-refractivity contribution in [3.05, 3.63) is 53.8 Å². The number of halogens is 3. The molecular weight excluding hydrogens is 371 g/mol. The molecule has 0 unspecified atom stereocenters. The van der Waals surface area contributed by atoms with Crippen molar-refractivity contribution in [3.8, 4) is 5.75 Å². The monoisotopic (exact) mass is 393 g/mol. The Morgan fingerprint density at radius 3 is 2.46 bits per heavy atom. The van der Waals surface area contributed by atoms with Gasteiger partial charge in [0, 0.05) is 39.1 Å². The van der Waals surface area contributed by atoms with Crippen molar-refractivity contribution >= 4 is 17.3 Å². The lowest BCUT2D eigenvalue weighted by Gasteiger charge is -2.36. The fourth-order valence-corrected chi connectivity index (χ4v) is 3.20. The molecule has 8 heteroatoms. The average molecular weight is 393 g/mol. The molecule has 1 fully saturated rings. The Hall–Kier alpha value is -2.74. The third-order valence-electron chi connectivity index (χ3n) is 4.76. The minimum absolute atomic E-state index is 0.132. The molecule has 0 radical (unpaired) electrons. The van der Waals surface area contributed by atoms with E-state index in [1.165, 1.54) is 0 Å². The molecule has 0 bridgehead atoms. The zero-order valence-electron chi connectivity index (χ0n) is 15.6. The summed E-state index contributed by atoms with van der Waals surface area (Å²) < 4.78 is 45.2. The molecule has 1 heterocycles. The van der Waals surface area contributed by atoms with Crippen LogP contribution in [0.3, 0.4) is 0 Å². The molecule has 1 amide bonds. The third kappa shape index (κ3) is 4.56. The Morgan fingerprint density at radius 2 is 1.75 bits per heavy atom. The molecule has 1 aliphatic rings. The number of hydrogen-bond donors (Lipinski definition) is 1. The van der Waals surface area contributed by atoms with E-state index < -0.39 is 23.4 Å². The number of para-hydroxylation sites is 2. The van der Waals surface area contributed by atoms with Crippen molar-refractivity contribution < 1.29 is 22.7 Å². The van der Waals surface area contributed by atoms with Gasteiger partial charge in [0.05, 0.1) is 18.5 Å². The van der Waals surface area contributed by atoms with Gasteiger partial charge in [-0.25, -0.2) is 13.2 Å². The van der Waals surface area contributed by atoms with Gasteiger partial charge in [0.25, 0.3) is 0 Å². The Balaban J connectivity index is 1.48. The molecule has 1 N–H and O–H groups in total. The van der Waals surface area contributed by atoms with Gasteiger partial charge >= 0.3 is 0 Å². The smallest absolute Gasteiger partial charge is 0.225 e. The molecule has 0 aromatic heterocycles. The number of anilines is 2. The number of carbonyl (C=O) groups is 1. The second-order valence-corrected chi connectivity index (χ2v) is 6.52. The maximum atomic E-state index is 13.6. The second-order valence-electron chi connectivity index (χ2n) is 6.52. The molecule has 2 aromatic rings. The van der Waals surface area contributed by atoms with Crippen molar-refractivity contribution in [2.75, 3.05) is 50.1 Å². The van der Waals surface area contributed by atoms with Gasteiger partial charge in [-0.15, -0.1) is 0 Å². The highest BCUT2D eigenvalue weighted by Crippen LogP contribution is 2.28. The number of ether oxygens (including phenoxy) is 1. The van der Waals surface area contributed by atoms with Gasteiger partial charge in [-0.3, -0.25) is 9.69 Å². The van der Waals surface area contributed by atoms with Gasteiger partial charge in [0.15, 0.2) is 17.5 Å².